The summed E-state index contributed by atoms with van der Waals surface area (Å²) in [5.74, 6) is -1.89. The Kier molecular flexibility index (Phi) is 7.71. The number of nitrogens with one attached hydrogen (secondary N) is 2. The number of anilines is 2. The number of amides is 3. The number of likely N-dealkylation sites (N-methyl/N-ethyl adjacent to an activating group) is 1. The molecular formula is C21H25N3O5S. The molecule has 2 rings (SSSR count). The summed E-state index contributed by atoms with van der Waals surface area (Å²) in [6.07, 6.45) is 0. The average molecular weight is 432 g/mol. The molecule has 2 N–H and O–H groups in total. The van der Waals surface area contributed by atoms with Gasteiger partial charge in [-0.1, -0.05) is 17.7 Å². The topological polar surface area (TPSA) is 105 Å². The van der Waals surface area contributed by atoms with Crippen LogP contribution in [0, 0.1) is 20.8 Å². The Morgan fingerprint density at radius 2 is 1.67 bits per heavy atom. The number of carbonyl (C=O) groups is 4. The first-order chi connectivity index (χ1) is 14.1. The molecule has 8 nitrogen and oxygen atoms in total. The predicted molar refractivity (Wildman–Crippen MR) is 116 cm³/mol. The zero-order chi connectivity index (χ0) is 22.4. The molecule has 1 heterocycles. The fourth-order valence-electron chi connectivity index (χ4n) is 2.57. The Morgan fingerprint density at radius 1 is 1.03 bits per heavy atom. The van der Waals surface area contributed by atoms with E-state index >= 15 is 0 Å². The Balaban J connectivity index is 1.91. The van der Waals surface area contributed by atoms with Crippen LogP contribution >= 0.6 is 11.3 Å². The van der Waals surface area contributed by atoms with Crippen LogP contribution < -0.4 is 10.6 Å². The summed E-state index contributed by atoms with van der Waals surface area (Å²) in [5, 5.41) is 5.70. The molecule has 9 heteroatoms. The number of ether oxygens (including phenoxy) is 1. The van der Waals surface area contributed by atoms with Gasteiger partial charge in [0, 0.05) is 24.5 Å². The fraction of sp³-hybridized carbons (Fsp3) is 0.333. The first-order valence-electron chi connectivity index (χ1n) is 9.23. The third-order valence-electron chi connectivity index (χ3n) is 4.35. The van der Waals surface area contributed by atoms with Gasteiger partial charge in [0.05, 0.1) is 12.1 Å². The lowest BCUT2D eigenvalue weighted by Gasteiger charge is -2.17. The van der Waals surface area contributed by atoms with E-state index in [1.807, 2.05) is 26.0 Å². The van der Waals surface area contributed by atoms with E-state index in [2.05, 4.69) is 10.6 Å². The molecule has 160 valence electrons. The summed E-state index contributed by atoms with van der Waals surface area (Å²) in [6.45, 7) is 6.17. The van der Waals surface area contributed by atoms with Gasteiger partial charge in [0.25, 0.3) is 5.91 Å². The molecule has 0 saturated heterocycles. The predicted octanol–water partition coefficient (Wildman–Crippen LogP) is 2.89. The number of rotatable bonds is 7. The van der Waals surface area contributed by atoms with E-state index in [0.717, 1.165) is 10.4 Å². The Labute approximate surface area is 179 Å². The van der Waals surface area contributed by atoms with Gasteiger partial charge in [0.15, 0.2) is 6.61 Å². The van der Waals surface area contributed by atoms with Crippen LogP contribution in [0.25, 0.3) is 0 Å². The molecular weight excluding hydrogens is 406 g/mol. The standard InChI is InChI=1S/C21H25N3O5S/c1-12-6-8-16(9-7-12)23-17(26)10-24(5)18(27)11-29-21(28)19-13(2)14(3)30-20(19)22-15(4)25/h6-9H,10-11H2,1-5H3,(H,22,25)(H,23,26). The highest BCUT2D eigenvalue weighted by Crippen LogP contribution is 2.32. The number of benzene rings is 1. The van der Waals surface area contributed by atoms with Crippen molar-refractivity contribution in [2.75, 3.05) is 30.8 Å². The molecule has 30 heavy (non-hydrogen) atoms. The number of hydrogen-bond acceptors (Lipinski definition) is 6. The van der Waals surface area contributed by atoms with Gasteiger partial charge in [0.1, 0.15) is 5.00 Å². The maximum Gasteiger partial charge on any atom is 0.341 e. The summed E-state index contributed by atoms with van der Waals surface area (Å²) in [6, 6.07) is 7.28. The molecule has 3 amide bonds. The minimum Gasteiger partial charge on any atom is -0.452 e. The summed E-state index contributed by atoms with van der Waals surface area (Å²) < 4.78 is 5.13. The lowest BCUT2D eigenvalue weighted by Crippen LogP contribution is -2.37. The minimum absolute atomic E-state index is 0.183. The Hall–Kier alpha value is -3.20. The highest BCUT2D eigenvalue weighted by Gasteiger charge is 2.23. The van der Waals surface area contributed by atoms with Gasteiger partial charge in [-0.05, 0) is 38.5 Å². The highest BCUT2D eigenvalue weighted by atomic mass is 32.1. The maximum atomic E-state index is 12.5. The molecule has 0 aliphatic heterocycles. The molecule has 0 aliphatic carbocycles. The number of carbonyl (C=O) groups excluding carboxylic acids is 4. The largest absolute Gasteiger partial charge is 0.452 e. The van der Waals surface area contributed by atoms with Gasteiger partial charge < -0.3 is 20.3 Å². The zero-order valence-corrected chi connectivity index (χ0v) is 18.4. The van der Waals surface area contributed by atoms with Crippen molar-refractivity contribution in [3.8, 4) is 0 Å². The van der Waals surface area contributed by atoms with Gasteiger partial charge in [0.2, 0.25) is 11.8 Å². The van der Waals surface area contributed by atoms with Gasteiger partial charge in [-0.2, -0.15) is 0 Å². The molecule has 0 fully saturated rings. The second kappa shape index (κ2) is 10.0. The molecule has 2 aromatic rings. The van der Waals surface area contributed by atoms with Crippen molar-refractivity contribution in [1.29, 1.82) is 0 Å². The monoisotopic (exact) mass is 431 g/mol. The SMILES string of the molecule is CC(=O)Nc1sc(C)c(C)c1C(=O)OCC(=O)N(C)CC(=O)Nc1ccc(C)cc1. The Bertz CT molecular complexity index is 966. The van der Waals surface area contributed by atoms with E-state index in [0.29, 0.717) is 16.3 Å². The molecule has 1 aromatic carbocycles. The highest BCUT2D eigenvalue weighted by molar-refractivity contribution is 7.16. The molecule has 0 bridgehead atoms. The molecule has 0 aliphatic rings. The molecule has 0 atom stereocenters. The van der Waals surface area contributed by atoms with Crippen LogP contribution in [0.5, 0.6) is 0 Å². The summed E-state index contributed by atoms with van der Waals surface area (Å²) in [7, 11) is 1.45. The van der Waals surface area contributed by atoms with Crippen LogP contribution in [0.15, 0.2) is 24.3 Å². The number of thiophene rings is 1. The quantitative estimate of drug-likeness (QED) is 0.656. The second-order valence-electron chi connectivity index (χ2n) is 6.91. The van der Waals surface area contributed by atoms with E-state index < -0.39 is 18.5 Å². The molecule has 0 unspecified atom stereocenters. The lowest BCUT2D eigenvalue weighted by molar-refractivity contribution is -0.136. The van der Waals surface area contributed by atoms with E-state index in [-0.39, 0.29) is 23.9 Å². The minimum atomic E-state index is -0.702. The number of hydrogen-bond donors (Lipinski definition) is 2. The molecule has 1 aromatic heterocycles. The number of nitrogens with zero attached hydrogens (tertiary/aromatic N) is 1. The van der Waals surface area contributed by atoms with Gasteiger partial charge in [-0.15, -0.1) is 11.3 Å². The van der Waals surface area contributed by atoms with Crippen molar-refractivity contribution in [2.45, 2.75) is 27.7 Å². The van der Waals surface area contributed by atoms with Crippen molar-refractivity contribution >= 4 is 45.7 Å². The van der Waals surface area contributed by atoms with Crippen molar-refractivity contribution < 1.29 is 23.9 Å². The molecule has 0 radical (unpaired) electrons. The summed E-state index contributed by atoms with van der Waals surface area (Å²) in [4.78, 5) is 50.3. The van der Waals surface area contributed by atoms with E-state index in [1.165, 1.54) is 30.2 Å². The van der Waals surface area contributed by atoms with Crippen LogP contribution in [-0.4, -0.2) is 48.8 Å². The van der Waals surface area contributed by atoms with E-state index in [9.17, 15) is 19.2 Å². The third kappa shape index (κ3) is 6.15. The first-order valence-corrected chi connectivity index (χ1v) is 10.0. The number of esters is 1. The lowest BCUT2D eigenvalue weighted by atomic mass is 10.1. The third-order valence-corrected chi connectivity index (χ3v) is 5.47. The second-order valence-corrected chi connectivity index (χ2v) is 8.13. The van der Waals surface area contributed by atoms with Gasteiger partial charge in [-0.25, -0.2) is 4.79 Å². The summed E-state index contributed by atoms with van der Waals surface area (Å²) >= 11 is 1.27. The van der Waals surface area contributed by atoms with Crippen molar-refractivity contribution in [3.63, 3.8) is 0 Å². The van der Waals surface area contributed by atoms with Crippen molar-refractivity contribution in [3.05, 3.63) is 45.8 Å². The average Bonchev–Trinajstić information content (AvgIpc) is 2.94. The van der Waals surface area contributed by atoms with E-state index in [1.54, 1.807) is 19.1 Å². The van der Waals surface area contributed by atoms with Crippen molar-refractivity contribution in [1.82, 2.24) is 4.90 Å². The smallest absolute Gasteiger partial charge is 0.341 e. The summed E-state index contributed by atoms with van der Waals surface area (Å²) in [5.41, 5.74) is 2.62. The van der Waals surface area contributed by atoms with Gasteiger partial charge in [-0.3, -0.25) is 14.4 Å². The first kappa shape index (κ1) is 23.1. The van der Waals surface area contributed by atoms with Crippen LogP contribution in [0.1, 0.15) is 33.3 Å². The Morgan fingerprint density at radius 3 is 2.27 bits per heavy atom. The van der Waals surface area contributed by atoms with Crippen LogP contribution in [0.4, 0.5) is 10.7 Å². The molecule has 0 spiro atoms. The fourth-order valence-corrected chi connectivity index (χ4v) is 3.67. The van der Waals surface area contributed by atoms with Crippen LogP contribution in [0.3, 0.4) is 0 Å². The van der Waals surface area contributed by atoms with Gasteiger partial charge >= 0.3 is 5.97 Å². The van der Waals surface area contributed by atoms with E-state index in [4.69, 9.17) is 4.74 Å². The van der Waals surface area contributed by atoms with Crippen molar-refractivity contribution in [2.24, 2.45) is 0 Å². The van der Waals surface area contributed by atoms with Crippen LogP contribution in [-0.2, 0) is 19.1 Å². The number of aryl methyl sites for hydroxylation is 2. The van der Waals surface area contributed by atoms with Crippen LogP contribution in [0.2, 0.25) is 0 Å². The zero-order valence-electron chi connectivity index (χ0n) is 17.6. The molecule has 0 saturated carbocycles. The normalized spacial score (nSPS) is 10.3. The maximum absolute atomic E-state index is 12.5.